The molecule has 0 atom stereocenters. The zero-order chi connectivity index (χ0) is 32.5. The van der Waals surface area contributed by atoms with Crippen molar-refractivity contribution < 1.29 is 50.9 Å². The van der Waals surface area contributed by atoms with Crippen LogP contribution in [0.15, 0.2) is 60.8 Å². The highest BCUT2D eigenvalue weighted by atomic mass is 19.4. The first-order chi connectivity index (χ1) is 20.6. The first-order valence-electron chi connectivity index (χ1n) is 13.4. The van der Waals surface area contributed by atoms with Gasteiger partial charge in [-0.15, -0.1) is 0 Å². The molecule has 238 valence electrons. The summed E-state index contributed by atoms with van der Waals surface area (Å²) < 4.78 is 63.5. The molecule has 0 radical (unpaired) electrons. The van der Waals surface area contributed by atoms with Gasteiger partial charge in [0.2, 0.25) is 0 Å². The van der Waals surface area contributed by atoms with Crippen LogP contribution in [0.5, 0.6) is 0 Å². The molecule has 1 aromatic heterocycles. The van der Waals surface area contributed by atoms with Crippen LogP contribution in [0.1, 0.15) is 34.3 Å². The summed E-state index contributed by atoms with van der Waals surface area (Å²) in [6.07, 6.45) is -6.17. The molecule has 0 bridgehead atoms. The molecule has 2 aliphatic rings. The van der Waals surface area contributed by atoms with E-state index in [1.165, 1.54) is 18.4 Å². The average Bonchev–Trinajstić information content (AvgIpc) is 2.98. The first kappa shape index (κ1) is 34.3. The van der Waals surface area contributed by atoms with Crippen molar-refractivity contribution in [3.05, 3.63) is 77.5 Å². The molecule has 3 heterocycles. The molecule has 1 amide bonds. The molecule has 2 aliphatic heterocycles. The number of likely N-dealkylation sites (tertiary alicyclic amines) is 1. The average molecular weight is 629 g/mol. The number of fused-ring (bicyclic) bond motifs is 3. The van der Waals surface area contributed by atoms with E-state index < -0.39 is 24.3 Å². The van der Waals surface area contributed by atoms with E-state index in [0.717, 1.165) is 43.6 Å². The third kappa shape index (κ3) is 9.38. The van der Waals surface area contributed by atoms with Gasteiger partial charge in [-0.2, -0.15) is 26.3 Å². The number of aromatic nitrogens is 1. The fourth-order valence-electron chi connectivity index (χ4n) is 5.00. The maximum atomic E-state index is 12.5. The second-order valence-corrected chi connectivity index (χ2v) is 10.2. The molecular weight excluding hydrogens is 598 g/mol. The molecule has 4 N–H and O–H groups in total. The standard InChI is InChI=1S/C25H28N4O.2C2HF3O2/c30-24(21-15-19-5-2-4-8-23(19)28-17-21)27-11-14-29-12-9-25(10-13-29)18-26-16-20-6-1-3-7-22(20)25;2*3-2(4,5)1(6)7/h1-8,15,17,26H,9-14,16,18H2,(H,27,30);2*(H,6,7). The van der Waals surface area contributed by atoms with Crippen molar-refractivity contribution in [2.24, 2.45) is 0 Å². The summed E-state index contributed by atoms with van der Waals surface area (Å²) in [5, 5.41) is 21.9. The van der Waals surface area contributed by atoms with Gasteiger partial charge in [-0.3, -0.25) is 9.78 Å². The zero-order valence-corrected chi connectivity index (χ0v) is 23.2. The van der Waals surface area contributed by atoms with Crippen molar-refractivity contribution in [1.82, 2.24) is 20.5 Å². The number of para-hydroxylation sites is 1. The molecule has 15 heteroatoms. The Balaban J connectivity index is 0.000000317. The molecule has 0 saturated carbocycles. The highest BCUT2D eigenvalue weighted by molar-refractivity contribution is 5.97. The Morgan fingerprint density at radius 2 is 1.48 bits per heavy atom. The highest BCUT2D eigenvalue weighted by Gasteiger charge is 2.40. The molecule has 0 unspecified atom stereocenters. The predicted octanol–water partition coefficient (Wildman–Crippen LogP) is 4.37. The Hall–Kier alpha value is -4.24. The number of carboxylic acid groups (broad SMARTS) is 2. The summed E-state index contributed by atoms with van der Waals surface area (Å²) in [6.45, 7) is 5.75. The van der Waals surface area contributed by atoms with Crippen LogP contribution in [0.2, 0.25) is 0 Å². The summed E-state index contributed by atoms with van der Waals surface area (Å²) in [5.41, 5.74) is 4.80. The SMILES string of the molecule is O=C(NCCN1CCC2(CC1)CNCc1ccccc12)c1cnc2ccccc2c1.O=C(O)C(F)(F)F.O=C(O)C(F)(F)F. The number of nitrogens with zero attached hydrogens (tertiary/aromatic N) is 2. The van der Waals surface area contributed by atoms with E-state index in [9.17, 15) is 31.1 Å². The molecule has 2 aromatic carbocycles. The first-order valence-corrected chi connectivity index (χ1v) is 13.4. The lowest BCUT2D eigenvalue weighted by Gasteiger charge is -2.45. The number of hydrogen-bond donors (Lipinski definition) is 4. The van der Waals surface area contributed by atoms with Crippen molar-refractivity contribution in [3.8, 4) is 0 Å². The van der Waals surface area contributed by atoms with E-state index in [1.807, 2.05) is 30.3 Å². The molecule has 44 heavy (non-hydrogen) atoms. The lowest BCUT2D eigenvalue weighted by molar-refractivity contribution is -0.193. The summed E-state index contributed by atoms with van der Waals surface area (Å²) in [7, 11) is 0. The quantitative estimate of drug-likeness (QED) is 0.314. The number of amides is 1. The fraction of sp³-hybridized carbons (Fsp3) is 0.379. The number of piperidine rings is 1. The Kier molecular flexibility index (Phi) is 11.3. The summed E-state index contributed by atoms with van der Waals surface area (Å²) >= 11 is 0. The number of carbonyl (C=O) groups excluding carboxylic acids is 1. The minimum atomic E-state index is -5.08. The number of aliphatic carboxylic acids is 2. The van der Waals surface area contributed by atoms with Crippen molar-refractivity contribution >= 4 is 28.7 Å². The van der Waals surface area contributed by atoms with E-state index in [0.29, 0.717) is 12.1 Å². The van der Waals surface area contributed by atoms with E-state index in [2.05, 4.69) is 44.8 Å². The van der Waals surface area contributed by atoms with Gasteiger partial charge in [0.1, 0.15) is 0 Å². The van der Waals surface area contributed by atoms with Crippen LogP contribution in [-0.2, 0) is 21.5 Å². The van der Waals surface area contributed by atoms with Gasteiger partial charge in [0.15, 0.2) is 0 Å². The van der Waals surface area contributed by atoms with Crippen molar-refractivity contribution in [2.75, 3.05) is 32.7 Å². The van der Waals surface area contributed by atoms with Gasteiger partial charge >= 0.3 is 24.3 Å². The van der Waals surface area contributed by atoms with Crippen LogP contribution in [-0.4, -0.2) is 83.0 Å². The third-order valence-corrected chi connectivity index (χ3v) is 7.23. The normalized spacial score (nSPS) is 16.0. The number of pyridine rings is 1. The van der Waals surface area contributed by atoms with E-state index in [4.69, 9.17) is 19.8 Å². The lowest BCUT2D eigenvalue weighted by Crippen LogP contribution is -2.51. The zero-order valence-electron chi connectivity index (χ0n) is 23.2. The monoisotopic (exact) mass is 628 g/mol. The Morgan fingerprint density at radius 3 is 2.09 bits per heavy atom. The number of rotatable bonds is 4. The van der Waals surface area contributed by atoms with Crippen LogP contribution in [0.4, 0.5) is 26.3 Å². The molecule has 5 rings (SSSR count). The van der Waals surface area contributed by atoms with Crippen LogP contribution >= 0.6 is 0 Å². The number of carboxylic acids is 2. The third-order valence-electron chi connectivity index (χ3n) is 7.23. The topological polar surface area (TPSA) is 132 Å². The van der Waals surface area contributed by atoms with Crippen LogP contribution in [0, 0.1) is 0 Å². The molecule has 3 aromatic rings. The second kappa shape index (κ2) is 14.5. The van der Waals surface area contributed by atoms with Crippen LogP contribution in [0.3, 0.4) is 0 Å². The number of benzene rings is 2. The molecule has 9 nitrogen and oxygen atoms in total. The summed E-state index contributed by atoms with van der Waals surface area (Å²) in [6, 6.07) is 18.7. The van der Waals surface area contributed by atoms with Crippen LogP contribution < -0.4 is 10.6 Å². The van der Waals surface area contributed by atoms with E-state index in [-0.39, 0.29) is 11.3 Å². The molecule has 1 saturated heterocycles. The van der Waals surface area contributed by atoms with Gasteiger partial charge in [-0.1, -0.05) is 42.5 Å². The highest BCUT2D eigenvalue weighted by Crippen LogP contribution is 2.39. The predicted molar refractivity (Wildman–Crippen MR) is 147 cm³/mol. The maximum absolute atomic E-state index is 12.5. The van der Waals surface area contributed by atoms with Crippen molar-refractivity contribution in [2.45, 2.75) is 37.2 Å². The number of hydrogen-bond acceptors (Lipinski definition) is 6. The maximum Gasteiger partial charge on any atom is 0.490 e. The second-order valence-electron chi connectivity index (χ2n) is 10.2. The van der Waals surface area contributed by atoms with E-state index in [1.54, 1.807) is 11.8 Å². The minimum absolute atomic E-state index is 0.0489. The van der Waals surface area contributed by atoms with Crippen molar-refractivity contribution in [3.63, 3.8) is 0 Å². The van der Waals surface area contributed by atoms with Gasteiger partial charge in [0, 0.05) is 43.2 Å². The van der Waals surface area contributed by atoms with Crippen LogP contribution in [0.25, 0.3) is 10.9 Å². The molecular formula is C29H30F6N4O5. The number of nitrogens with one attached hydrogen (secondary N) is 2. The Labute approximate surface area is 247 Å². The Bertz CT molecular complexity index is 1430. The van der Waals surface area contributed by atoms with Gasteiger partial charge in [-0.05, 0) is 49.2 Å². The fourth-order valence-corrected chi connectivity index (χ4v) is 5.00. The molecule has 1 spiro atoms. The summed E-state index contributed by atoms with van der Waals surface area (Å²) in [5.74, 6) is -5.56. The Morgan fingerprint density at radius 1 is 0.909 bits per heavy atom. The number of halogens is 6. The van der Waals surface area contributed by atoms with Gasteiger partial charge < -0.3 is 25.7 Å². The molecule has 1 fully saturated rings. The minimum Gasteiger partial charge on any atom is -0.475 e. The summed E-state index contributed by atoms with van der Waals surface area (Å²) in [4.78, 5) is 37.2. The van der Waals surface area contributed by atoms with Gasteiger partial charge in [0.05, 0.1) is 11.1 Å². The number of alkyl halides is 6. The van der Waals surface area contributed by atoms with E-state index >= 15 is 0 Å². The smallest absolute Gasteiger partial charge is 0.475 e. The largest absolute Gasteiger partial charge is 0.490 e. The van der Waals surface area contributed by atoms with Crippen molar-refractivity contribution in [1.29, 1.82) is 0 Å². The molecule has 0 aliphatic carbocycles. The van der Waals surface area contributed by atoms with Gasteiger partial charge in [-0.25, -0.2) is 9.59 Å². The number of carbonyl (C=O) groups is 3. The lowest BCUT2D eigenvalue weighted by atomic mass is 9.69. The van der Waals surface area contributed by atoms with Gasteiger partial charge in [0.25, 0.3) is 5.91 Å².